The van der Waals surface area contributed by atoms with E-state index in [-0.39, 0.29) is 12.4 Å². The summed E-state index contributed by atoms with van der Waals surface area (Å²) in [6, 6.07) is 11.8. The molecule has 0 aliphatic rings. The van der Waals surface area contributed by atoms with E-state index in [0.29, 0.717) is 16.8 Å². The minimum atomic E-state index is -2.89. The number of hydrogen-bond acceptors (Lipinski definition) is 5. The van der Waals surface area contributed by atoms with Gasteiger partial charge in [-0.2, -0.15) is 8.78 Å². The summed E-state index contributed by atoms with van der Waals surface area (Å²) in [6.07, 6.45) is 1.32. The second-order valence-electron chi connectivity index (χ2n) is 4.95. The fourth-order valence-electron chi connectivity index (χ4n) is 1.84. The predicted molar refractivity (Wildman–Crippen MR) is 90.2 cm³/mol. The van der Waals surface area contributed by atoms with Crippen molar-refractivity contribution in [3.63, 3.8) is 0 Å². The van der Waals surface area contributed by atoms with Crippen LogP contribution in [-0.4, -0.2) is 31.2 Å². The van der Waals surface area contributed by atoms with Gasteiger partial charge < -0.3 is 20.6 Å². The summed E-state index contributed by atoms with van der Waals surface area (Å²) in [6.45, 7) is -3.22. The number of alkyl halides is 2. The van der Waals surface area contributed by atoms with Crippen molar-refractivity contribution >= 4 is 23.7 Å². The summed E-state index contributed by atoms with van der Waals surface area (Å²) in [7, 11) is 0. The van der Waals surface area contributed by atoms with Crippen LogP contribution in [0.1, 0.15) is 15.9 Å². The Morgan fingerprint density at radius 2 is 1.77 bits per heavy atom. The molecule has 7 nitrogen and oxygen atoms in total. The molecule has 2 aromatic rings. The van der Waals surface area contributed by atoms with Crippen molar-refractivity contribution in [1.82, 2.24) is 0 Å². The van der Waals surface area contributed by atoms with Crippen LogP contribution in [-0.2, 0) is 9.63 Å². The molecular weight excluding hydrogens is 348 g/mol. The molecule has 0 radical (unpaired) electrons. The molecule has 0 saturated heterocycles. The molecule has 3 N–H and O–H groups in total. The number of nitrogens with one attached hydrogen (secondary N) is 1. The van der Waals surface area contributed by atoms with E-state index in [2.05, 4.69) is 15.2 Å². The maximum absolute atomic E-state index is 12.0. The minimum absolute atomic E-state index is 0.0276. The fourth-order valence-corrected chi connectivity index (χ4v) is 1.84. The highest BCUT2D eigenvalue weighted by Crippen LogP contribution is 2.14. The summed E-state index contributed by atoms with van der Waals surface area (Å²) >= 11 is 0. The van der Waals surface area contributed by atoms with E-state index >= 15 is 0 Å². The van der Waals surface area contributed by atoms with Crippen LogP contribution in [0.25, 0.3) is 0 Å². The monoisotopic (exact) mass is 363 g/mol. The maximum Gasteiger partial charge on any atom is 0.387 e. The van der Waals surface area contributed by atoms with Crippen molar-refractivity contribution in [1.29, 1.82) is 0 Å². The normalized spacial score (nSPS) is 10.7. The smallest absolute Gasteiger partial charge is 0.387 e. The van der Waals surface area contributed by atoms with Crippen molar-refractivity contribution in [3.8, 4) is 5.75 Å². The summed E-state index contributed by atoms with van der Waals surface area (Å²) in [5.74, 6) is -0.983. The zero-order valence-electron chi connectivity index (χ0n) is 13.4. The number of nitrogens with zero attached hydrogens (tertiary/aromatic N) is 1. The molecule has 9 heteroatoms. The van der Waals surface area contributed by atoms with Gasteiger partial charge in [0.2, 0.25) is 5.91 Å². The first-order valence-electron chi connectivity index (χ1n) is 7.34. The largest absolute Gasteiger partial charge is 0.435 e. The minimum Gasteiger partial charge on any atom is -0.435 e. The SMILES string of the molecule is NC(=O)c1ccc(NC(=O)CO/N=C\c2ccc(OC(F)F)cc2)cc1. The highest BCUT2D eigenvalue weighted by molar-refractivity contribution is 5.95. The number of rotatable bonds is 8. The number of halogens is 2. The average Bonchev–Trinajstić information content (AvgIpc) is 2.60. The van der Waals surface area contributed by atoms with Crippen LogP contribution in [0.15, 0.2) is 53.7 Å². The Morgan fingerprint density at radius 1 is 1.12 bits per heavy atom. The number of carbonyl (C=O) groups is 2. The molecule has 136 valence electrons. The van der Waals surface area contributed by atoms with Gasteiger partial charge >= 0.3 is 6.61 Å². The molecule has 0 heterocycles. The van der Waals surface area contributed by atoms with Crippen LogP contribution in [0.2, 0.25) is 0 Å². The van der Waals surface area contributed by atoms with Gasteiger partial charge in [-0.25, -0.2) is 0 Å². The van der Waals surface area contributed by atoms with Gasteiger partial charge in [-0.15, -0.1) is 0 Å². The van der Waals surface area contributed by atoms with Crippen LogP contribution in [0, 0.1) is 0 Å². The summed E-state index contributed by atoms with van der Waals surface area (Å²) in [4.78, 5) is 27.5. The molecule has 0 saturated carbocycles. The lowest BCUT2D eigenvalue weighted by Crippen LogP contribution is -2.17. The lowest BCUT2D eigenvalue weighted by Gasteiger charge is -2.05. The van der Waals surface area contributed by atoms with Crippen molar-refractivity contribution < 1.29 is 27.9 Å². The van der Waals surface area contributed by atoms with Crippen LogP contribution in [0.4, 0.5) is 14.5 Å². The molecule has 0 spiro atoms. The van der Waals surface area contributed by atoms with E-state index in [1.165, 1.54) is 54.7 Å². The van der Waals surface area contributed by atoms with Crippen molar-refractivity contribution in [2.75, 3.05) is 11.9 Å². The van der Waals surface area contributed by atoms with Gasteiger partial charge in [0.25, 0.3) is 5.91 Å². The van der Waals surface area contributed by atoms with Crippen molar-refractivity contribution in [2.24, 2.45) is 10.9 Å². The quantitative estimate of drug-likeness (QED) is 0.555. The highest BCUT2D eigenvalue weighted by atomic mass is 19.3. The number of carbonyl (C=O) groups excluding carboxylic acids is 2. The molecule has 0 fully saturated rings. The lowest BCUT2D eigenvalue weighted by atomic mass is 10.2. The van der Waals surface area contributed by atoms with Gasteiger partial charge in [0, 0.05) is 11.3 Å². The van der Waals surface area contributed by atoms with Gasteiger partial charge in [0.1, 0.15) is 5.75 Å². The standard InChI is InChI=1S/C17H15F2N3O4/c18-17(19)26-14-7-1-11(2-8-14)9-21-25-10-15(23)22-13-5-3-12(4-6-13)16(20)24/h1-9,17H,10H2,(H2,20,24)(H,22,23)/b21-9-. The molecule has 0 bridgehead atoms. The number of oxime groups is 1. The molecule has 0 aromatic heterocycles. The Bertz CT molecular complexity index is 778. The van der Waals surface area contributed by atoms with Crippen molar-refractivity contribution in [3.05, 3.63) is 59.7 Å². The molecular formula is C17H15F2N3O4. The molecule has 0 aliphatic heterocycles. The number of amides is 2. The zero-order valence-corrected chi connectivity index (χ0v) is 13.4. The molecule has 2 amide bonds. The molecule has 2 aromatic carbocycles. The Morgan fingerprint density at radius 3 is 2.35 bits per heavy atom. The van der Waals surface area contributed by atoms with Gasteiger partial charge in [0.05, 0.1) is 6.21 Å². The van der Waals surface area contributed by atoms with E-state index in [1.807, 2.05) is 0 Å². The number of anilines is 1. The van der Waals surface area contributed by atoms with E-state index in [9.17, 15) is 18.4 Å². The third-order valence-corrected chi connectivity index (χ3v) is 3.03. The number of nitrogens with two attached hydrogens (primary N) is 1. The van der Waals surface area contributed by atoms with Gasteiger partial charge in [-0.1, -0.05) is 5.16 Å². The second-order valence-corrected chi connectivity index (χ2v) is 4.95. The van der Waals surface area contributed by atoms with E-state index < -0.39 is 18.4 Å². The first kappa shape index (κ1) is 18.8. The lowest BCUT2D eigenvalue weighted by molar-refractivity contribution is -0.120. The Labute approximate surface area is 147 Å². The number of ether oxygens (including phenoxy) is 1. The fraction of sp³-hybridized carbons (Fsp3) is 0.118. The Kier molecular flexibility index (Phi) is 6.60. The third-order valence-electron chi connectivity index (χ3n) is 3.03. The van der Waals surface area contributed by atoms with Gasteiger partial charge in [0.15, 0.2) is 6.61 Å². The summed E-state index contributed by atoms with van der Waals surface area (Å²) in [5, 5.41) is 6.17. The van der Waals surface area contributed by atoms with Crippen LogP contribution in [0.5, 0.6) is 5.75 Å². The van der Waals surface area contributed by atoms with Crippen LogP contribution >= 0.6 is 0 Å². The Hall–Kier alpha value is -3.49. The number of primary amides is 1. The maximum atomic E-state index is 12.0. The van der Waals surface area contributed by atoms with Gasteiger partial charge in [-0.05, 0) is 54.1 Å². The first-order chi connectivity index (χ1) is 12.4. The van der Waals surface area contributed by atoms with E-state index in [0.717, 1.165) is 0 Å². The Balaban J connectivity index is 1.76. The van der Waals surface area contributed by atoms with Crippen LogP contribution in [0.3, 0.4) is 0 Å². The summed E-state index contributed by atoms with van der Waals surface area (Å²) in [5.41, 5.74) is 6.50. The van der Waals surface area contributed by atoms with Gasteiger partial charge in [-0.3, -0.25) is 9.59 Å². The first-order valence-corrected chi connectivity index (χ1v) is 7.34. The average molecular weight is 363 g/mol. The van der Waals surface area contributed by atoms with E-state index in [1.54, 1.807) is 0 Å². The summed E-state index contributed by atoms with van der Waals surface area (Å²) < 4.78 is 28.3. The van der Waals surface area contributed by atoms with Crippen LogP contribution < -0.4 is 15.8 Å². The topological polar surface area (TPSA) is 103 Å². The zero-order chi connectivity index (χ0) is 18.9. The molecule has 0 unspecified atom stereocenters. The highest BCUT2D eigenvalue weighted by Gasteiger charge is 2.05. The molecule has 0 aliphatic carbocycles. The van der Waals surface area contributed by atoms with Crippen molar-refractivity contribution in [2.45, 2.75) is 6.61 Å². The molecule has 2 rings (SSSR count). The second kappa shape index (κ2) is 9.11. The third kappa shape index (κ3) is 6.19. The molecule has 26 heavy (non-hydrogen) atoms. The predicted octanol–water partition coefficient (Wildman–Crippen LogP) is 2.38. The number of benzene rings is 2. The number of hydrogen-bond donors (Lipinski definition) is 2. The van der Waals surface area contributed by atoms with E-state index in [4.69, 9.17) is 10.6 Å². The molecule has 0 atom stereocenters.